The van der Waals surface area contributed by atoms with Crippen molar-refractivity contribution in [3.63, 3.8) is 0 Å². The van der Waals surface area contributed by atoms with Gasteiger partial charge in [0.15, 0.2) is 0 Å². The zero-order chi connectivity index (χ0) is 15.9. The molecule has 0 bridgehead atoms. The Hall–Kier alpha value is -2.62. The SMILES string of the molecule is CC.O=C(NC1CNC1=O)c1ccc(-c2ccccc2)cc1. The number of carbonyl (C=O) groups is 2. The second kappa shape index (κ2) is 7.41. The Balaban J connectivity index is 0.000000847. The van der Waals surface area contributed by atoms with E-state index in [2.05, 4.69) is 10.6 Å². The molecule has 2 aromatic rings. The minimum Gasteiger partial charge on any atom is -0.352 e. The van der Waals surface area contributed by atoms with Gasteiger partial charge in [-0.1, -0.05) is 56.3 Å². The third-order valence-corrected chi connectivity index (χ3v) is 3.36. The van der Waals surface area contributed by atoms with Crippen LogP contribution in [0, 0.1) is 0 Å². The van der Waals surface area contributed by atoms with Gasteiger partial charge in [0.05, 0.1) is 0 Å². The lowest BCUT2D eigenvalue weighted by Gasteiger charge is -2.26. The summed E-state index contributed by atoms with van der Waals surface area (Å²) in [6.45, 7) is 4.51. The molecule has 4 heteroatoms. The lowest BCUT2D eigenvalue weighted by molar-refractivity contribution is -0.128. The van der Waals surface area contributed by atoms with Gasteiger partial charge in [-0.2, -0.15) is 0 Å². The fourth-order valence-corrected chi connectivity index (χ4v) is 2.09. The summed E-state index contributed by atoms with van der Waals surface area (Å²) >= 11 is 0. The summed E-state index contributed by atoms with van der Waals surface area (Å²) in [6, 6.07) is 16.9. The van der Waals surface area contributed by atoms with Crippen LogP contribution in [0.5, 0.6) is 0 Å². The van der Waals surface area contributed by atoms with Gasteiger partial charge in [0.1, 0.15) is 6.04 Å². The molecule has 2 amide bonds. The van der Waals surface area contributed by atoms with Gasteiger partial charge >= 0.3 is 0 Å². The van der Waals surface area contributed by atoms with Crippen molar-refractivity contribution >= 4 is 11.8 Å². The summed E-state index contributed by atoms with van der Waals surface area (Å²) in [5.74, 6) is -0.344. The molecule has 1 fully saturated rings. The highest BCUT2D eigenvalue weighted by Gasteiger charge is 2.29. The Labute approximate surface area is 130 Å². The molecule has 1 atom stereocenters. The monoisotopic (exact) mass is 296 g/mol. The van der Waals surface area contributed by atoms with Gasteiger partial charge in [-0.25, -0.2) is 0 Å². The predicted octanol–water partition coefficient (Wildman–Crippen LogP) is 2.61. The van der Waals surface area contributed by atoms with Crippen molar-refractivity contribution in [2.24, 2.45) is 0 Å². The average molecular weight is 296 g/mol. The summed E-state index contributed by atoms with van der Waals surface area (Å²) < 4.78 is 0. The van der Waals surface area contributed by atoms with Crippen molar-refractivity contribution in [1.29, 1.82) is 0 Å². The van der Waals surface area contributed by atoms with Gasteiger partial charge in [-0.05, 0) is 23.3 Å². The molecule has 4 nitrogen and oxygen atoms in total. The Morgan fingerprint density at radius 3 is 2.09 bits per heavy atom. The van der Waals surface area contributed by atoms with E-state index in [1.165, 1.54) is 0 Å². The van der Waals surface area contributed by atoms with Gasteiger partial charge in [0, 0.05) is 12.1 Å². The minimum absolute atomic E-state index is 0.126. The van der Waals surface area contributed by atoms with Crippen molar-refractivity contribution in [3.05, 3.63) is 60.2 Å². The van der Waals surface area contributed by atoms with E-state index in [1.807, 2.05) is 56.3 Å². The fraction of sp³-hybridized carbons (Fsp3) is 0.222. The van der Waals surface area contributed by atoms with Crippen LogP contribution in [-0.4, -0.2) is 24.4 Å². The summed E-state index contributed by atoms with van der Waals surface area (Å²) in [4.78, 5) is 23.1. The fourth-order valence-electron chi connectivity index (χ4n) is 2.09. The van der Waals surface area contributed by atoms with Crippen molar-refractivity contribution in [1.82, 2.24) is 10.6 Å². The van der Waals surface area contributed by atoms with Crippen molar-refractivity contribution in [2.45, 2.75) is 19.9 Å². The lowest BCUT2D eigenvalue weighted by Crippen LogP contribution is -2.61. The molecule has 0 aliphatic carbocycles. The number of nitrogens with one attached hydrogen (secondary N) is 2. The molecule has 1 aliphatic heterocycles. The van der Waals surface area contributed by atoms with E-state index >= 15 is 0 Å². The minimum atomic E-state index is -0.392. The highest BCUT2D eigenvalue weighted by Crippen LogP contribution is 2.19. The van der Waals surface area contributed by atoms with Crippen molar-refractivity contribution < 1.29 is 9.59 Å². The molecular weight excluding hydrogens is 276 g/mol. The second-order valence-electron chi connectivity index (χ2n) is 4.71. The summed E-state index contributed by atoms with van der Waals surface area (Å²) in [6.07, 6.45) is 0. The number of hydrogen-bond donors (Lipinski definition) is 2. The molecule has 2 aromatic carbocycles. The van der Waals surface area contributed by atoms with Crippen molar-refractivity contribution in [3.8, 4) is 11.1 Å². The molecule has 1 unspecified atom stereocenters. The average Bonchev–Trinajstić information content (AvgIpc) is 2.61. The van der Waals surface area contributed by atoms with E-state index < -0.39 is 6.04 Å². The number of benzene rings is 2. The maximum Gasteiger partial charge on any atom is 0.251 e. The summed E-state index contributed by atoms with van der Waals surface area (Å²) in [5, 5.41) is 5.28. The zero-order valence-electron chi connectivity index (χ0n) is 12.8. The molecule has 0 aromatic heterocycles. The van der Waals surface area contributed by atoms with Gasteiger partial charge in [0.25, 0.3) is 5.91 Å². The normalized spacial score (nSPS) is 15.7. The number of carbonyl (C=O) groups excluding carboxylic acids is 2. The van der Waals surface area contributed by atoms with E-state index in [-0.39, 0.29) is 11.8 Å². The molecule has 3 rings (SSSR count). The first-order valence-corrected chi connectivity index (χ1v) is 7.48. The van der Waals surface area contributed by atoms with Gasteiger partial charge in [-0.15, -0.1) is 0 Å². The molecule has 2 N–H and O–H groups in total. The maximum atomic E-state index is 12.0. The molecule has 1 heterocycles. The molecule has 0 spiro atoms. The number of β-lactam (4-membered cyclic amide) rings is 1. The first-order chi connectivity index (χ1) is 10.7. The van der Waals surface area contributed by atoms with Crippen LogP contribution in [0.4, 0.5) is 0 Å². The van der Waals surface area contributed by atoms with Crippen LogP contribution in [-0.2, 0) is 4.79 Å². The van der Waals surface area contributed by atoms with Gasteiger partial charge in [-0.3, -0.25) is 9.59 Å². The Bertz CT molecular complexity index is 636. The van der Waals surface area contributed by atoms with Gasteiger partial charge < -0.3 is 10.6 Å². The Morgan fingerprint density at radius 1 is 1.00 bits per heavy atom. The number of amides is 2. The summed E-state index contributed by atoms with van der Waals surface area (Å²) in [7, 11) is 0. The predicted molar refractivity (Wildman–Crippen MR) is 87.5 cm³/mol. The largest absolute Gasteiger partial charge is 0.352 e. The summed E-state index contributed by atoms with van der Waals surface area (Å²) in [5.41, 5.74) is 2.73. The maximum absolute atomic E-state index is 12.0. The van der Waals surface area contributed by atoms with Gasteiger partial charge in [0.2, 0.25) is 5.91 Å². The van der Waals surface area contributed by atoms with Crippen molar-refractivity contribution in [2.75, 3.05) is 6.54 Å². The standard InChI is InChI=1S/C16H14N2O2.C2H6/c19-15(18-14-10-17-16(14)20)13-8-6-12(7-9-13)11-4-2-1-3-5-11;1-2/h1-9,14H,10H2,(H,17,20)(H,18,19);1-2H3. The van der Waals surface area contributed by atoms with Crippen LogP contribution in [0.25, 0.3) is 11.1 Å². The topological polar surface area (TPSA) is 58.2 Å². The molecule has 1 aliphatic rings. The third-order valence-electron chi connectivity index (χ3n) is 3.36. The molecule has 22 heavy (non-hydrogen) atoms. The lowest BCUT2D eigenvalue weighted by atomic mass is 10.0. The van der Waals surface area contributed by atoms with E-state index in [1.54, 1.807) is 12.1 Å². The van der Waals surface area contributed by atoms with Crippen LogP contribution in [0.2, 0.25) is 0 Å². The van der Waals surface area contributed by atoms with Crippen LogP contribution in [0.15, 0.2) is 54.6 Å². The highest BCUT2D eigenvalue weighted by atomic mass is 16.2. The number of rotatable bonds is 3. The van der Waals surface area contributed by atoms with Crippen LogP contribution in [0.3, 0.4) is 0 Å². The van der Waals surface area contributed by atoms with Crippen LogP contribution >= 0.6 is 0 Å². The highest BCUT2D eigenvalue weighted by molar-refractivity contribution is 5.99. The molecular formula is C18H20N2O2. The number of hydrogen-bond acceptors (Lipinski definition) is 2. The first-order valence-electron chi connectivity index (χ1n) is 7.48. The third kappa shape index (κ3) is 3.52. The van der Waals surface area contributed by atoms with Crippen LogP contribution in [0.1, 0.15) is 24.2 Å². The van der Waals surface area contributed by atoms with E-state index in [0.717, 1.165) is 11.1 Å². The van der Waals surface area contributed by atoms with Crippen LogP contribution < -0.4 is 10.6 Å². The molecule has 0 radical (unpaired) electrons. The Kier molecular flexibility index (Phi) is 5.31. The molecule has 1 saturated heterocycles. The van der Waals surface area contributed by atoms with E-state index in [9.17, 15) is 9.59 Å². The Morgan fingerprint density at radius 2 is 1.59 bits per heavy atom. The van der Waals surface area contributed by atoms with E-state index in [4.69, 9.17) is 0 Å². The second-order valence-corrected chi connectivity index (χ2v) is 4.71. The smallest absolute Gasteiger partial charge is 0.251 e. The molecule has 0 saturated carbocycles. The zero-order valence-corrected chi connectivity index (χ0v) is 12.8. The van der Waals surface area contributed by atoms with E-state index in [0.29, 0.717) is 12.1 Å². The quantitative estimate of drug-likeness (QED) is 0.855. The molecule has 114 valence electrons. The first kappa shape index (κ1) is 15.8.